The first-order chi connectivity index (χ1) is 10.1. The Morgan fingerprint density at radius 2 is 2.00 bits per heavy atom. The number of rotatable bonds is 1. The van der Waals surface area contributed by atoms with E-state index in [4.69, 9.17) is 16.0 Å². The fourth-order valence-corrected chi connectivity index (χ4v) is 2.93. The number of aromatic nitrogens is 2. The van der Waals surface area contributed by atoms with Gasteiger partial charge in [-0.2, -0.15) is 0 Å². The summed E-state index contributed by atoms with van der Waals surface area (Å²) in [5, 5.41) is 1.54. The smallest absolute Gasteiger partial charge is 0.252 e. The average Bonchev–Trinajstić information content (AvgIpc) is 3.08. The molecule has 0 saturated heterocycles. The van der Waals surface area contributed by atoms with Gasteiger partial charge in [-0.15, -0.1) is 0 Å². The van der Waals surface area contributed by atoms with Crippen LogP contribution in [-0.2, 0) is 0 Å². The number of fused-ring (bicyclic) bond motifs is 3. The Labute approximate surface area is 124 Å². The van der Waals surface area contributed by atoms with E-state index in [0.29, 0.717) is 10.6 Å². The SMILES string of the molecule is Cc1c(-c2ccoc2)c2[nH]c3ccc(Cl)cc3c2[nH]c1=O. The summed E-state index contributed by atoms with van der Waals surface area (Å²) in [4.78, 5) is 18.5. The molecule has 0 fully saturated rings. The van der Waals surface area contributed by atoms with E-state index in [1.807, 2.05) is 24.3 Å². The van der Waals surface area contributed by atoms with Crippen molar-refractivity contribution >= 4 is 33.5 Å². The normalized spacial score (nSPS) is 11.5. The zero-order valence-corrected chi connectivity index (χ0v) is 11.9. The second kappa shape index (κ2) is 4.27. The van der Waals surface area contributed by atoms with Crippen LogP contribution in [-0.4, -0.2) is 9.97 Å². The summed E-state index contributed by atoms with van der Waals surface area (Å²) < 4.78 is 5.16. The molecule has 0 saturated carbocycles. The Bertz CT molecular complexity index is 1030. The molecule has 0 unspecified atom stereocenters. The molecule has 0 radical (unpaired) electrons. The minimum Gasteiger partial charge on any atom is -0.472 e. The Balaban J connectivity index is 2.25. The van der Waals surface area contributed by atoms with Gasteiger partial charge in [-0.25, -0.2) is 0 Å². The molecule has 5 heteroatoms. The van der Waals surface area contributed by atoms with E-state index in [1.54, 1.807) is 19.5 Å². The van der Waals surface area contributed by atoms with Crippen molar-refractivity contribution in [2.45, 2.75) is 6.92 Å². The van der Waals surface area contributed by atoms with Crippen molar-refractivity contribution in [2.75, 3.05) is 0 Å². The molecular formula is C16H11ClN2O2. The molecule has 0 bridgehead atoms. The largest absolute Gasteiger partial charge is 0.472 e. The first-order valence-electron chi connectivity index (χ1n) is 6.51. The second-order valence-electron chi connectivity index (χ2n) is 5.03. The molecule has 3 heterocycles. The Kier molecular flexibility index (Phi) is 2.50. The summed E-state index contributed by atoms with van der Waals surface area (Å²) in [6, 6.07) is 7.42. The zero-order chi connectivity index (χ0) is 14.6. The summed E-state index contributed by atoms with van der Waals surface area (Å²) in [7, 11) is 0. The topological polar surface area (TPSA) is 61.8 Å². The van der Waals surface area contributed by atoms with Crippen molar-refractivity contribution < 1.29 is 4.42 Å². The molecule has 0 atom stereocenters. The van der Waals surface area contributed by atoms with Crippen molar-refractivity contribution in [3.63, 3.8) is 0 Å². The number of pyridine rings is 1. The van der Waals surface area contributed by atoms with Crippen LogP contribution in [0.25, 0.3) is 33.1 Å². The standard InChI is InChI=1S/C16H11ClN2O2/c1-8-13(9-4-5-21-7-9)15-14(19-16(8)20)11-6-10(17)2-3-12(11)18-15/h2-7,18H,1H3,(H,19,20). The van der Waals surface area contributed by atoms with Crippen LogP contribution in [0.5, 0.6) is 0 Å². The van der Waals surface area contributed by atoms with E-state index in [-0.39, 0.29) is 5.56 Å². The monoisotopic (exact) mass is 298 g/mol. The Hall–Kier alpha value is -2.46. The van der Waals surface area contributed by atoms with Gasteiger partial charge in [-0.05, 0) is 31.2 Å². The van der Waals surface area contributed by atoms with Crippen LogP contribution in [0.1, 0.15) is 5.56 Å². The number of furan rings is 1. The van der Waals surface area contributed by atoms with Crippen LogP contribution in [0.15, 0.2) is 46.0 Å². The van der Waals surface area contributed by atoms with Crippen LogP contribution < -0.4 is 5.56 Å². The van der Waals surface area contributed by atoms with Gasteiger partial charge in [0, 0.05) is 32.6 Å². The van der Waals surface area contributed by atoms with Crippen molar-refractivity contribution in [3.05, 3.63) is 57.7 Å². The molecule has 0 amide bonds. The quantitative estimate of drug-likeness (QED) is 0.552. The predicted octanol–water partition coefficient (Wildman–Crippen LogP) is 4.23. The van der Waals surface area contributed by atoms with E-state index in [2.05, 4.69) is 9.97 Å². The Morgan fingerprint density at radius 3 is 2.76 bits per heavy atom. The number of H-pyrrole nitrogens is 2. The van der Waals surface area contributed by atoms with Gasteiger partial charge in [0.25, 0.3) is 5.56 Å². The van der Waals surface area contributed by atoms with Gasteiger partial charge in [0.1, 0.15) is 0 Å². The van der Waals surface area contributed by atoms with Gasteiger partial charge in [-0.1, -0.05) is 11.6 Å². The molecule has 3 aromatic heterocycles. The van der Waals surface area contributed by atoms with E-state index in [9.17, 15) is 4.79 Å². The van der Waals surface area contributed by atoms with E-state index in [0.717, 1.165) is 33.1 Å². The molecule has 2 N–H and O–H groups in total. The third kappa shape index (κ3) is 1.73. The minimum absolute atomic E-state index is 0.112. The summed E-state index contributed by atoms with van der Waals surface area (Å²) in [5.41, 5.74) is 4.85. The summed E-state index contributed by atoms with van der Waals surface area (Å²) in [6.07, 6.45) is 3.24. The fraction of sp³-hybridized carbons (Fsp3) is 0.0625. The highest BCUT2D eigenvalue weighted by Crippen LogP contribution is 2.33. The van der Waals surface area contributed by atoms with Crippen LogP contribution >= 0.6 is 11.6 Å². The van der Waals surface area contributed by atoms with E-state index >= 15 is 0 Å². The molecule has 0 aliphatic rings. The first-order valence-corrected chi connectivity index (χ1v) is 6.89. The highest BCUT2D eigenvalue weighted by Gasteiger charge is 2.16. The lowest BCUT2D eigenvalue weighted by Crippen LogP contribution is -2.10. The summed E-state index contributed by atoms with van der Waals surface area (Å²) >= 11 is 6.07. The van der Waals surface area contributed by atoms with Crippen LogP contribution in [0.3, 0.4) is 0 Å². The number of nitrogens with one attached hydrogen (secondary N) is 2. The fourth-order valence-electron chi connectivity index (χ4n) is 2.76. The molecular weight excluding hydrogens is 288 g/mol. The van der Waals surface area contributed by atoms with Crippen molar-refractivity contribution in [3.8, 4) is 11.1 Å². The maximum absolute atomic E-state index is 12.2. The van der Waals surface area contributed by atoms with Crippen LogP contribution in [0, 0.1) is 6.92 Å². The molecule has 4 rings (SSSR count). The molecule has 0 spiro atoms. The highest BCUT2D eigenvalue weighted by molar-refractivity contribution is 6.31. The number of aromatic amines is 2. The maximum atomic E-state index is 12.2. The van der Waals surface area contributed by atoms with E-state index < -0.39 is 0 Å². The van der Waals surface area contributed by atoms with E-state index in [1.165, 1.54) is 0 Å². The lowest BCUT2D eigenvalue weighted by molar-refractivity contribution is 0.568. The zero-order valence-electron chi connectivity index (χ0n) is 11.2. The van der Waals surface area contributed by atoms with Gasteiger partial charge >= 0.3 is 0 Å². The van der Waals surface area contributed by atoms with Crippen molar-refractivity contribution in [1.82, 2.24) is 9.97 Å². The van der Waals surface area contributed by atoms with Gasteiger partial charge in [0.05, 0.1) is 23.6 Å². The Morgan fingerprint density at radius 1 is 1.14 bits per heavy atom. The lowest BCUT2D eigenvalue weighted by atomic mass is 10.0. The molecule has 0 aliphatic carbocycles. The third-order valence-electron chi connectivity index (χ3n) is 3.77. The van der Waals surface area contributed by atoms with Crippen molar-refractivity contribution in [2.24, 2.45) is 0 Å². The average molecular weight is 299 g/mol. The molecule has 0 aliphatic heterocycles. The molecule has 4 nitrogen and oxygen atoms in total. The number of benzene rings is 1. The van der Waals surface area contributed by atoms with Gasteiger partial charge in [0.15, 0.2) is 0 Å². The highest BCUT2D eigenvalue weighted by atomic mass is 35.5. The lowest BCUT2D eigenvalue weighted by Gasteiger charge is -2.04. The second-order valence-corrected chi connectivity index (χ2v) is 5.47. The van der Waals surface area contributed by atoms with Crippen LogP contribution in [0.2, 0.25) is 5.02 Å². The van der Waals surface area contributed by atoms with Crippen molar-refractivity contribution in [1.29, 1.82) is 0 Å². The third-order valence-corrected chi connectivity index (χ3v) is 4.01. The molecule has 21 heavy (non-hydrogen) atoms. The summed E-state index contributed by atoms with van der Waals surface area (Å²) in [6.45, 7) is 1.80. The summed E-state index contributed by atoms with van der Waals surface area (Å²) in [5.74, 6) is 0. The predicted molar refractivity (Wildman–Crippen MR) is 83.9 cm³/mol. The number of halogens is 1. The minimum atomic E-state index is -0.112. The van der Waals surface area contributed by atoms with Crippen LogP contribution in [0.4, 0.5) is 0 Å². The van der Waals surface area contributed by atoms with Gasteiger partial charge in [0.2, 0.25) is 0 Å². The number of hydrogen-bond acceptors (Lipinski definition) is 2. The first kappa shape index (κ1) is 12.3. The molecule has 104 valence electrons. The maximum Gasteiger partial charge on any atom is 0.252 e. The van der Waals surface area contributed by atoms with Gasteiger partial charge in [-0.3, -0.25) is 4.79 Å². The number of hydrogen-bond donors (Lipinski definition) is 2. The van der Waals surface area contributed by atoms with Gasteiger partial charge < -0.3 is 14.4 Å². The molecule has 1 aromatic carbocycles. The molecule has 4 aromatic rings.